The first-order valence-corrected chi connectivity index (χ1v) is 8.85. The van der Waals surface area contributed by atoms with Gasteiger partial charge in [0.05, 0.1) is 13.2 Å². The van der Waals surface area contributed by atoms with Crippen molar-refractivity contribution in [2.24, 2.45) is 4.99 Å². The van der Waals surface area contributed by atoms with Gasteiger partial charge in [-0.1, -0.05) is 23.7 Å². The summed E-state index contributed by atoms with van der Waals surface area (Å²) in [4.78, 5) is 4.28. The summed E-state index contributed by atoms with van der Waals surface area (Å²) in [6, 6.07) is 8.18. The number of methoxy groups -OCH3 is 1. The van der Waals surface area contributed by atoms with Crippen molar-refractivity contribution in [2.75, 3.05) is 47.1 Å². The van der Waals surface area contributed by atoms with Crippen LogP contribution in [0, 0.1) is 0 Å². The molecule has 134 valence electrons. The van der Waals surface area contributed by atoms with Gasteiger partial charge in [-0.25, -0.2) is 0 Å². The van der Waals surface area contributed by atoms with Crippen molar-refractivity contribution >= 4 is 17.6 Å². The summed E-state index contributed by atoms with van der Waals surface area (Å²) >= 11 is 6.12. The Balaban J connectivity index is 1.68. The maximum absolute atomic E-state index is 6.12. The van der Waals surface area contributed by atoms with Crippen molar-refractivity contribution in [1.29, 1.82) is 0 Å². The molecule has 1 aliphatic rings. The molecule has 0 saturated heterocycles. The van der Waals surface area contributed by atoms with E-state index >= 15 is 0 Å². The van der Waals surface area contributed by atoms with Crippen molar-refractivity contribution in [3.05, 3.63) is 34.9 Å². The molecule has 24 heavy (non-hydrogen) atoms. The second-order valence-corrected chi connectivity index (χ2v) is 6.54. The highest BCUT2D eigenvalue weighted by Gasteiger charge is 2.44. The van der Waals surface area contributed by atoms with Crippen LogP contribution in [0.3, 0.4) is 0 Å². The second-order valence-electron chi connectivity index (χ2n) is 6.10. The third-order valence-electron chi connectivity index (χ3n) is 4.30. The molecular weight excluding hydrogens is 326 g/mol. The molecule has 0 aliphatic heterocycles. The van der Waals surface area contributed by atoms with E-state index in [1.807, 2.05) is 12.1 Å². The fourth-order valence-electron chi connectivity index (χ4n) is 2.64. The van der Waals surface area contributed by atoms with Crippen LogP contribution in [-0.4, -0.2) is 53.0 Å². The van der Waals surface area contributed by atoms with Crippen LogP contribution in [0.4, 0.5) is 0 Å². The number of ether oxygens (including phenoxy) is 2. The molecule has 0 atom stereocenters. The highest BCUT2D eigenvalue weighted by atomic mass is 35.5. The van der Waals surface area contributed by atoms with E-state index in [1.54, 1.807) is 14.2 Å². The Morgan fingerprint density at radius 1 is 1.25 bits per heavy atom. The molecule has 0 aromatic heterocycles. The van der Waals surface area contributed by atoms with Gasteiger partial charge in [-0.3, -0.25) is 4.99 Å². The molecule has 1 aliphatic carbocycles. The van der Waals surface area contributed by atoms with Gasteiger partial charge < -0.3 is 20.1 Å². The second kappa shape index (κ2) is 9.87. The van der Waals surface area contributed by atoms with E-state index < -0.39 is 0 Å². The number of hydrogen-bond acceptors (Lipinski definition) is 3. The van der Waals surface area contributed by atoms with Gasteiger partial charge in [0, 0.05) is 44.3 Å². The third kappa shape index (κ3) is 5.96. The molecule has 0 amide bonds. The molecule has 6 heteroatoms. The van der Waals surface area contributed by atoms with Gasteiger partial charge in [0.25, 0.3) is 0 Å². The highest BCUT2D eigenvalue weighted by Crippen LogP contribution is 2.48. The number of benzene rings is 1. The fraction of sp³-hybridized carbons (Fsp3) is 0.611. The van der Waals surface area contributed by atoms with Crippen LogP contribution in [0.1, 0.15) is 24.8 Å². The Morgan fingerprint density at radius 3 is 2.75 bits per heavy atom. The van der Waals surface area contributed by atoms with Gasteiger partial charge >= 0.3 is 0 Å². The summed E-state index contributed by atoms with van der Waals surface area (Å²) in [7, 11) is 3.47. The monoisotopic (exact) mass is 353 g/mol. The SMILES string of the molecule is CN=C(NCCCOCCOC)NCC1(c2cccc(Cl)c2)CC1. The minimum Gasteiger partial charge on any atom is -0.382 e. The molecule has 0 unspecified atom stereocenters. The zero-order valence-corrected chi connectivity index (χ0v) is 15.4. The fourth-order valence-corrected chi connectivity index (χ4v) is 2.83. The van der Waals surface area contributed by atoms with Crippen LogP contribution in [0.15, 0.2) is 29.3 Å². The normalized spacial score (nSPS) is 16.0. The molecule has 2 N–H and O–H groups in total. The third-order valence-corrected chi connectivity index (χ3v) is 4.53. The topological polar surface area (TPSA) is 54.9 Å². The Morgan fingerprint density at radius 2 is 2.08 bits per heavy atom. The first-order valence-electron chi connectivity index (χ1n) is 8.47. The van der Waals surface area contributed by atoms with Crippen molar-refractivity contribution in [3.63, 3.8) is 0 Å². The van der Waals surface area contributed by atoms with Crippen molar-refractivity contribution in [2.45, 2.75) is 24.7 Å². The highest BCUT2D eigenvalue weighted by molar-refractivity contribution is 6.30. The molecule has 1 fully saturated rings. The average molecular weight is 354 g/mol. The average Bonchev–Trinajstić information content (AvgIpc) is 3.38. The molecular formula is C18H28ClN3O2. The summed E-state index contributed by atoms with van der Waals surface area (Å²) in [6.45, 7) is 3.71. The van der Waals surface area contributed by atoms with Crippen molar-refractivity contribution in [1.82, 2.24) is 10.6 Å². The zero-order chi connectivity index (χ0) is 17.3. The molecule has 5 nitrogen and oxygen atoms in total. The lowest BCUT2D eigenvalue weighted by Crippen LogP contribution is -2.41. The van der Waals surface area contributed by atoms with Crippen LogP contribution in [0.5, 0.6) is 0 Å². The number of nitrogens with zero attached hydrogens (tertiary/aromatic N) is 1. The molecule has 1 aromatic rings. The minimum atomic E-state index is 0.200. The van der Waals surface area contributed by atoms with Crippen LogP contribution in [0.2, 0.25) is 5.02 Å². The van der Waals surface area contributed by atoms with Crippen LogP contribution < -0.4 is 10.6 Å². The smallest absolute Gasteiger partial charge is 0.191 e. The van der Waals surface area contributed by atoms with E-state index in [9.17, 15) is 0 Å². The first kappa shape index (κ1) is 19.0. The largest absolute Gasteiger partial charge is 0.382 e. The molecule has 0 bridgehead atoms. The van der Waals surface area contributed by atoms with Crippen molar-refractivity contribution < 1.29 is 9.47 Å². The maximum Gasteiger partial charge on any atom is 0.191 e. The predicted molar refractivity (Wildman–Crippen MR) is 99.0 cm³/mol. The molecule has 0 heterocycles. The summed E-state index contributed by atoms with van der Waals surface area (Å²) < 4.78 is 10.4. The zero-order valence-electron chi connectivity index (χ0n) is 14.6. The van der Waals surface area contributed by atoms with Gasteiger partial charge in [-0.2, -0.15) is 0 Å². The van der Waals surface area contributed by atoms with E-state index in [0.717, 1.165) is 37.1 Å². The quantitative estimate of drug-likeness (QED) is 0.385. The minimum absolute atomic E-state index is 0.200. The standard InChI is InChI=1S/C18H28ClN3O2/c1-20-17(21-9-4-10-24-12-11-23-2)22-14-18(7-8-18)15-5-3-6-16(19)13-15/h3,5-6,13H,4,7-12,14H2,1-2H3,(H2,20,21,22). The lowest BCUT2D eigenvalue weighted by molar-refractivity contribution is 0.0698. The lowest BCUT2D eigenvalue weighted by Gasteiger charge is -2.19. The summed E-state index contributed by atoms with van der Waals surface area (Å²) in [5.74, 6) is 0.834. The van der Waals surface area contributed by atoms with Gasteiger partial charge in [0.2, 0.25) is 0 Å². The van der Waals surface area contributed by atoms with Crippen molar-refractivity contribution in [3.8, 4) is 0 Å². The van der Waals surface area contributed by atoms with Crippen LogP contribution >= 0.6 is 11.6 Å². The van der Waals surface area contributed by atoms with Crippen LogP contribution in [-0.2, 0) is 14.9 Å². The Hall–Kier alpha value is -1.30. The number of nitrogens with one attached hydrogen (secondary N) is 2. The van der Waals surface area contributed by atoms with Gasteiger partial charge in [-0.15, -0.1) is 0 Å². The van der Waals surface area contributed by atoms with E-state index in [-0.39, 0.29) is 5.41 Å². The predicted octanol–water partition coefficient (Wildman–Crippen LogP) is 2.59. The Kier molecular flexibility index (Phi) is 7.82. The van der Waals surface area contributed by atoms with E-state index in [2.05, 4.69) is 27.8 Å². The first-order chi connectivity index (χ1) is 11.7. The van der Waals surface area contributed by atoms with E-state index in [0.29, 0.717) is 13.2 Å². The summed E-state index contributed by atoms with van der Waals surface area (Å²) in [5, 5.41) is 7.56. The number of hydrogen-bond donors (Lipinski definition) is 2. The summed E-state index contributed by atoms with van der Waals surface area (Å²) in [5.41, 5.74) is 1.51. The van der Waals surface area contributed by atoms with Crippen LogP contribution in [0.25, 0.3) is 0 Å². The lowest BCUT2D eigenvalue weighted by atomic mass is 9.96. The van der Waals surface area contributed by atoms with Gasteiger partial charge in [-0.05, 0) is 37.0 Å². The van der Waals surface area contributed by atoms with Gasteiger partial charge in [0.1, 0.15) is 0 Å². The van der Waals surface area contributed by atoms with Gasteiger partial charge in [0.15, 0.2) is 5.96 Å². The van der Waals surface area contributed by atoms with E-state index in [4.69, 9.17) is 21.1 Å². The number of rotatable bonds is 10. The number of halogens is 1. The Bertz CT molecular complexity index is 533. The molecule has 2 rings (SSSR count). The van der Waals surface area contributed by atoms with E-state index in [1.165, 1.54) is 18.4 Å². The molecule has 1 saturated carbocycles. The summed E-state index contributed by atoms with van der Waals surface area (Å²) in [6.07, 6.45) is 3.30. The Labute approximate surface area is 149 Å². The molecule has 1 aromatic carbocycles. The maximum atomic E-state index is 6.12. The number of aliphatic imine (C=N–C) groups is 1. The number of guanidine groups is 1. The molecule has 0 spiro atoms. The molecule has 0 radical (unpaired) electrons.